The molecule has 0 bridgehead atoms. The van der Waals surface area contributed by atoms with Gasteiger partial charge in [-0.15, -0.1) is 0 Å². The Bertz CT molecular complexity index is 593. The number of nitrogens with zero attached hydrogens (tertiary/aromatic N) is 3. The minimum absolute atomic E-state index is 0.243. The second-order valence-electron chi connectivity index (χ2n) is 7.64. The van der Waals surface area contributed by atoms with E-state index in [-0.39, 0.29) is 6.61 Å². The third-order valence-corrected chi connectivity index (χ3v) is 5.81. The maximum absolute atomic E-state index is 9.79. The van der Waals surface area contributed by atoms with Crippen molar-refractivity contribution in [2.45, 2.75) is 19.4 Å². The van der Waals surface area contributed by atoms with Crippen LogP contribution in [0.5, 0.6) is 0 Å². The Hall–Kier alpha value is -1.45. The zero-order chi connectivity index (χ0) is 17.6. The van der Waals surface area contributed by atoms with Gasteiger partial charge < -0.3 is 15.1 Å². The Morgan fingerprint density at radius 1 is 1.04 bits per heavy atom. The first-order chi connectivity index (χ1) is 12.2. The molecule has 0 aromatic heterocycles. The van der Waals surface area contributed by atoms with Crippen molar-refractivity contribution in [3.8, 4) is 6.07 Å². The molecule has 0 saturated carbocycles. The van der Waals surface area contributed by atoms with Gasteiger partial charge in [0.2, 0.25) is 0 Å². The van der Waals surface area contributed by atoms with Crippen LogP contribution in [0.2, 0.25) is 0 Å². The van der Waals surface area contributed by atoms with E-state index in [1.807, 2.05) is 18.2 Å². The molecule has 2 aliphatic rings. The van der Waals surface area contributed by atoms with Crippen molar-refractivity contribution in [1.29, 1.82) is 5.26 Å². The quantitative estimate of drug-likeness (QED) is 0.815. The Labute approximate surface area is 150 Å². The molecule has 3 rings (SSSR count). The number of aliphatic hydroxyl groups is 2. The zero-order valence-corrected chi connectivity index (χ0v) is 14.8. The first-order valence-electron chi connectivity index (χ1n) is 9.37. The highest BCUT2D eigenvalue weighted by atomic mass is 16.3. The summed E-state index contributed by atoms with van der Waals surface area (Å²) in [6.07, 6.45) is 2.16. The number of piperidine rings is 1. The summed E-state index contributed by atoms with van der Waals surface area (Å²) in [7, 11) is 0. The second-order valence-corrected chi connectivity index (χ2v) is 7.64. The van der Waals surface area contributed by atoms with Crippen LogP contribution >= 0.6 is 0 Å². The van der Waals surface area contributed by atoms with Gasteiger partial charge in [-0.05, 0) is 61.4 Å². The third-order valence-electron chi connectivity index (χ3n) is 5.81. The molecule has 0 unspecified atom stereocenters. The van der Waals surface area contributed by atoms with E-state index in [2.05, 4.69) is 21.9 Å². The fourth-order valence-electron chi connectivity index (χ4n) is 4.26. The topological polar surface area (TPSA) is 70.7 Å². The molecule has 0 amide bonds. The smallest absolute Gasteiger partial charge is 0.0991 e. The maximum Gasteiger partial charge on any atom is 0.0991 e. The molecule has 2 aliphatic heterocycles. The fraction of sp³-hybridized carbons (Fsp3) is 0.650. The van der Waals surface area contributed by atoms with Crippen molar-refractivity contribution in [3.05, 3.63) is 35.4 Å². The molecule has 5 nitrogen and oxygen atoms in total. The predicted octanol–water partition coefficient (Wildman–Crippen LogP) is 1.30. The molecular formula is C20H29N3O2. The number of nitriles is 1. The molecule has 2 heterocycles. The number of benzene rings is 1. The van der Waals surface area contributed by atoms with Crippen LogP contribution in [-0.4, -0.2) is 66.0 Å². The van der Waals surface area contributed by atoms with Crippen molar-refractivity contribution < 1.29 is 10.2 Å². The number of hydrogen-bond donors (Lipinski definition) is 2. The molecule has 0 aliphatic carbocycles. The molecule has 2 saturated heterocycles. The van der Waals surface area contributed by atoms with Crippen molar-refractivity contribution in [2.24, 2.45) is 17.8 Å². The monoisotopic (exact) mass is 343 g/mol. The minimum atomic E-state index is 0.243. The molecule has 1 aromatic rings. The van der Waals surface area contributed by atoms with E-state index in [1.54, 1.807) is 0 Å². The van der Waals surface area contributed by atoms with E-state index in [9.17, 15) is 10.2 Å². The molecule has 1 aromatic carbocycles. The van der Waals surface area contributed by atoms with Crippen molar-refractivity contribution in [3.63, 3.8) is 0 Å². The largest absolute Gasteiger partial charge is 0.396 e. The number of aliphatic hydroxyl groups excluding tert-OH is 2. The SMILES string of the molecule is N#Cc1cccc(CN2C[C@@H](CO)[C@@H](CN3CCC(CO)CC3)C2)c1. The van der Waals surface area contributed by atoms with Gasteiger partial charge in [0.05, 0.1) is 11.6 Å². The summed E-state index contributed by atoms with van der Waals surface area (Å²) >= 11 is 0. The second kappa shape index (κ2) is 8.77. The molecule has 2 fully saturated rings. The van der Waals surface area contributed by atoms with E-state index in [0.717, 1.165) is 52.1 Å². The van der Waals surface area contributed by atoms with Crippen LogP contribution in [0.1, 0.15) is 24.0 Å². The summed E-state index contributed by atoms with van der Waals surface area (Å²) < 4.78 is 0. The van der Waals surface area contributed by atoms with Crippen LogP contribution in [0.25, 0.3) is 0 Å². The molecule has 5 heteroatoms. The standard InChI is InChI=1S/C20H29N3O2/c21-9-17-2-1-3-18(8-17)10-23-12-19(20(13-23)15-25)11-22-6-4-16(14-24)5-7-22/h1-3,8,16,19-20,24-25H,4-7,10-15H2/t19-,20-/m0/s1. The Balaban J connectivity index is 1.54. The average molecular weight is 343 g/mol. The van der Waals surface area contributed by atoms with Crippen LogP contribution in [-0.2, 0) is 6.54 Å². The average Bonchev–Trinajstić information content (AvgIpc) is 3.03. The lowest BCUT2D eigenvalue weighted by atomic mass is 9.93. The van der Waals surface area contributed by atoms with Crippen LogP contribution in [0.4, 0.5) is 0 Å². The van der Waals surface area contributed by atoms with Gasteiger partial charge in [0.25, 0.3) is 0 Å². The predicted molar refractivity (Wildman–Crippen MR) is 96.7 cm³/mol. The van der Waals surface area contributed by atoms with E-state index in [4.69, 9.17) is 5.26 Å². The summed E-state index contributed by atoms with van der Waals surface area (Å²) in [5.41, 5.74) is 1.87. The Morgan fingerprint density at radius 3 is 2.48 bits per heavy atom. The first-order valence-corrected chi connectivity index (χ1v) is 9.37. The van der Waals surface area contributed by atoms with Gasteiger partial charge in [-0.1, -0.05) is 12.1 Å². The lowest BCUT2D eigenvalue weighted by Gasteiger charge is -2.33. The molecule has 0 radical (unpaired) electrons. The molecular weight excluding hydrogens is 314 g/mol. The van der Waals surface area contributed by atoms with Gasteiger partial charge in [0.15, 0.2) is 0 Å². The summed E-state index contributed by atoms with van der Waals surface area (Å²) in [4.78, 5) is 4.90. The summed E-state index contributed by atoms with van der Waals surface area (Å²) in [6, 6.07) is 10.0. The molecule has 136 valence electrons. The third kappa shape index (κ3) is 4.80. The highest BCUT2D eigenvalue weighted by Gasteiger charge is 2.34. The van der Waals surface area contributed by atoms with Crippen LogP contribution in [0, 0.1) is 29.1 Å². The van der Waals surface area contributed by atoms with E-state index in [1.165, 1.54) is 5.56 Å². The summed E-state index contributed by atoms with van der Waals surface area (Å²) in [6.45, 7) is 6.48. The van der Waals surface area contributed by atoms with Gasteiger partial charge in [0, 0.05) is 39.4 Å². The van der Waals surface area contributed by atoms with E-state index in [0.29, 0.717) is 29.9 Å². The maximum atomic E-state index is 9.79. The van der Waals surface area contributed by atoms with Gasteiger partial charge in [-0.3, -0.25) is 4.90 Å². The lowest BCUT2D eigenvalue weighted by molar-refractivity contribution is 0.106. The van der Waals surface area contributed by atoms with Gasteiger partial charge in [-0.2, -0.15) is 5.26 Å². The molecule has 2 N–H and O–H groups in total. The van der Waals surface area contributed by atoms with Crippen molar-refractivity contribution in [1.82, 2.24) is 9.80 Å². The Kier molecular flexibility index (Phi) is 6.44. The van der Waals surface area contributed by atoms with E-state index >= 15 is 0 Å². The molecule has 2 atom stereocenters. The fourth-order valence-corrected chi connectivity index (χ4v) is 4.26. The minimum Gasteiger partial charge on any atom is -0.396 e. The van der Waals surface area contributed by atoms with Crippen LogP contribution in [0.15, 0.2) is 24.3 Å². The number of hydrogen-bond acceptors (Lipinski definition) is 5. The Morgan fingerprint density at radius 2 is 1.80 bits per heavy atom. The number of likely N-dealkylation sites (tertiary alicyclic amines) is 2. The van der Waals surface area contributed by atoms with Crippen LogP contribution < -0.4 is 0 Å². The van der Waals surface area contributed by atoms with Gasteiger partial charge >= 0.3 is 0 Å². The summed E-state index contributed by atoms with van der Waals surface area (Å²) in [5, 5.41) is 28.1. The summed E-state index contributed by atoms with van der Waals surface area (Å²) in [5.74, 6) is 1.29. The van der Waals surface area contributed by atoms with Crippen LogP contribution in [0.3, 0.4) is 0 Å². The zero-order valence-electron chi connectivity index (χ0n) is 14.8. The number of rotatable bonds is 6. The van der Waals surface area contributed by atoms with Gasteiger partial charge in [-0.25, -0.2) is 0 Å². The first kappa shape index (κ1) is 18.3. The van der Waals surface area contributed by atoms with E-state index < -0.39 is 0 Å². The highest BCUT2D eigenvalue weighted by Crippen LogP contribution is 2.27. The molecule has 0 spiro atoms. The highest BCUT2D eigenvalue weighted by molar-refractivity contribution is 5.32. The van der Waals surface area contributed by atoms with Gasteiger partial charge in [0.1, 0.15) is 0 Å². The molecule has 25 heavy (non-hydrogen) atoms. The lowest BCUT2D eigenvalue weighted by Crippen LogP contribution is -2.40. The van der Waals surface area contributed by atoms with Crippen molar-refractivity contribution >= 4 is 0 Å². The van der Waals surface area contributed by atoms with Crippen molar-refractivity contribution in [2.75, 3.05) is 45.9 Å². The normalized spacial score (nSPS) is 26.0.